The minimum Gasteiger partial charge on any atom is -0.481 e. The monoisotopic (exact) mass is 393 g/mol. The predicted molar refractivity (Wildman–Crippen MR) is 114 cm³/mol. The molecule has 0 fully saturated rings. The fourth-order valence-corrected chi connectivity index (χ4v) is 3.51. The lowest BCUT2D eigenvalue weighted by atomic mass is 10.0. The highest BCUT2D eigenvalue weighted by Gasteiger charge is 2.18. The van der Waals surface area contributed by atoms with E-state index in [2.05, 4.69) is 30.5 Å². The molecule has 0 aliphatic heterocycles. The molecular formula is C24H24FNO3. The Kier molecular flexibility index (Phi) is 6.29. The van der Waals surface area contributed by atoms with Crippen molar-refractivity contribution in [2.45, 2.75) is 32.4 Å². The molecule has 0 saturated heterocycles. The first-order chi connectivity index (χ1) is 13.9. The Morgan fingerprint density at radius 2 is 1.79 bits per heavy atom. The van der Waals surface area contributed by atoms with Crippen molar-refractivity contribution >= 4 is 22.9 Å². The number of hydrogen-bond donors (Lipinski definition) is 2. The number of nitrogens with zero attached hydrogens (tertiary/aromatic N) is 1. The van der Waals surface area contributed by atoms with Crippen molar-refractivity contribution in [1.29, 1.82) is 0 Å². The first-order valence-corrected chi connectivity index (χ1v) is 9.52. The second kappa shape index (κ2) is 8.88. The Hall–Kier alpha value is -3.18. The van der Waals surface area contributed by atoms with Gasteiger partial charge in [-0.25, -0.2) is 4.39 Å². The summed E-state index contributed by atoms with van der Waals surface area (Å²) in [5.41, 5.74) is 3.96. The van der Waals surface area contributed by atoms with Crippen LogP contribution in [0.25, 0.3) is 28.1 Å². The molecule has 0 bridgehead atoms. The van der Waals surface area contributed by atoms with Gasteiger partial charge in [0, 0.05) is 28.2 Å². The van der Waals surface area contributed by atoms with Gasteiger partial charge in [-0.15, -0.1) is 0 Å². The molecule has 1 aromatic heterocycles. The van der Waals surface area contributed by atoms with Crippen LogP contribution < -0.4 is 0 Å². The number of hydrogen-bond acceptors (Lipinski definition) is 2. The number of carboxylic acids is 1. The third-order valence-electron chi connectivity index (χ3n) is 4.68. The zero-order valence-corrected chi connectivity index (χ0v) is 16.4. The molecule has 0 aliphatic rings. The number of aliphatic hydroxyl groups excluding tert-OH is 1. The third kappa shape index (κ3) is 4.63. The number of benzene rings is 2. The van der Waals surface area contributed by atoms with Crippen LogP contribution in [0.4, 0.5) is 4.39 Å². The van der Waals surface area contributed by atoms with Crippen LogP contribution in [0.2, 0.25) is 0 Å². The lowest BCUT2D eigenvalue weighted by Gasteiger charge is -2.13. The van der Waals surface area contributed by atoms with Crippen LogP contribution in [0.15, 0.2) is 66.8 Å². The third-order valence-corrected chi connectivity index (χ3v) is 4.68. The summed E-state index contributed by atoms with van der Waals surface area (Å²) >= 11 is 0. The number of carboxylic acid groups (broad SMARTS) is 1. The molecule has 3 rings (SSSR count). The predicted octanol–water partition coefficient (Wildman–Crippen LogP) is 5.43. The second-order valence-corrected chi connectivity index (χ2v) is 7.16. The van der Waals surface area contributed by atoms with Gasteiger partial charge in [-0.2, -0.15) is 0 Å². The molecule has 2 N–H and O–H groups in total. The van der Waals surface area contributed by atoms with Crippen LogP contribution in [0.5, 0.6) is 0 Å². The summed E-state index contributed by atoms with van der Waals surface area (Å²) in [5.74, 6) is -1.33. The topological polar surface area (TPSA) is 62.5 Å². The molecule has 4 nitrogen and oxygen atoms in total. The van der Waals surface area contributed by atoms with Gasteiger partial charge in [0.05, 0.1) is 12.5 Å². The number of aliphatic carboxylic acids is 1. The summed E-state index contributed by atoms with van der Waals surface area (Å²) in [4.78, 5) is 10.7. The summed E-state index contributed by atoms with van der Waals surface area (Å²) in [7, 11) is 0. The lowest BCUT2D eigenvalue weighted by molar-refractivity contribution is -0.138. The van der Waals surface area contributed by atoms with Gasteiger partial charge in [0.2, 0.25) is 0 Å². The lowest BCUT2D eigenvalue weighted by Crippen LogP contribution is -2.09. The smallest absolute Gasteiger partial charge is 0.306 e. The van der Waals surface area contributed by atoms with Gasteiger partial charge < -0.3 is 14.8 Å². The maximum Gasteiger partial charge on any atom is 0.306 e. The van der Waals surface area contributed by atoms with Gasteiger partial charge in [-0.3, -0.25) is 4.79 Å². The first kappa shape index (κ1) is 20.6. The van der Waals surface area contributed by atoms with Crippen molar-refractivity contribution in [2.75, 3.05) is 0 Å². The Balaban J connectivity index is 2.11. The maximum absolute atomic E-state index is 13.5. The van der Waals surface area contributed by atoms with E-state index in [4.69, 9.17) is 5.11 Å². The molecule has 150 valence electrons. The molecule has 0 amide bonds. The van der Waals surface area contributed by atoms with Crippen molar-refractivity contribution in [3.63, 3.8) is 0 Å². The number of halogens is 1. The molecule has 5 heteroatoms. The van der Waals surface area contributed by atoms with E-state index < -0.39 is 12.1 Å². The first-order valence-electron chi connectivity index (χ1n) is 9.52. The van der Waals surface area contributed by atoms with Crippen molar-refractivity contribution in [1.82, 2.24) is 4.57 Å². The van der Waals surface area contributed by atoms with Gasteiger partial charge in [-0.1, -0.05) is 48.6 Å². The minimum atomic E-state index is -1.05. The number of rotatable bonds is 7. The van der Waals surface area contributed by atoms with Gasteiger partial charge in [0.25, 0.3) is 0 Å². The Bertz CT molecular complexity index is 1060. The van der Waals surface area contributed by atoms with E-state index in [0.717, 1.165) is 27.7 Å². The SMILES string of the molecule is CC(C)n1c(C=CC=CC(O)CC(=O)O)c(-c2ccc(F)cc2)c2ccccc21. The van der Waals surface area contributed by atoms with Crippen LogP contribution >= 0.6 is 0 Å². The van der Waals surface area contributed by atoms with Crippen LogP contribution in [0, 0.1) is 5.82 Å². The standard InChI is InChI=1S/C24H24FNO3/c1-16(2)26-21-9-6-4-8-20(21)24(17-11-13-18(25)14-12-17)22(26)10-5-3-7-19(27)15-23(28)29/h3-14,16,19,27H,15H2,1-2H3,(H,28,29). The molecule has 0 radical (unpaired) electrons. The van der Waals surface area contributed by atoms with Gasteiger partial charge >= 0.3 is 5.97 Å². The van der Waals surface area contributed by atoms with E-state index >= 15 is 0 Å². The van der Waals surface area contributed by atoms with E-state index in [1.54, 1.807) is 24.3 Å². The van der Waals surface area contributed by atoms with Gasteiger partial charge in [0.15, 0.2) is 0 Å². The van der Waals surface area contributed by atoms with Crippen molar-refractivity contribution in [3.05, 3.63) is 78.3 Å². The fraction of sp³-hybridized carbons (Fsp3) is 0.208. The molecule has 1 heterocycles. The number of allylic oxidation sites excluding steroid dienone is 2. The number of aliphatic hydroxyl groups is 1. The zero-order valence-electron chi connectivity index (χ0n) is 16.4. The Morgan fingerprint density at radius 3 is 2.45 bits per heavy atom. The van der Waals surface area contributed by atoms with E-state index in [1.807, 2.05) is 18.2 Å². The highest BCUT2D eigenvalue weighted by Crippen LogP contribution is 2.37. The normalized spacial score (nSPS) is 13.1. The summed E-state index contributed by atoms with van der Waals surface area (Å²) in [6.45, 7) is 4.20. The maximum atomic E-state index is 13.5. The van der Waals surface area contributed by atoms with Crippen LogP contribution in [0.3, 0.4) is 0 Å². The van der Waals surface area contributed by atoms with Crippen LogP contribution in [0.1, 0.15) is 32.0 Å². The number of carbonyl (C=O) groups is 1. The van der Waals surface area contributed by atoms with Crippen molar-refractivity contribution in [3.8, 4) is 11.1 Å². The second-order valence-electron chi connectivity index (χ2n) is 7.16. The molecule has 29 heavy (non-hydrogen) atoms. The quantitative estimate of drug-likeness (QED) is 0.526. The molecule has 3 aromatic rings. The highest BCUT2D eigenvalue weighted by molar-refractivity contribution is 6.01. The largest absolute Gasteiger partial charge is 0.481 e. The summed E-state index contributed by atoms with van der Waals surface area (Å²) in [6.07, 6.45) is 5.44. The number of fused-ring (bicyclic) bond motifs is 1. The van der Waals surface area contributed by atoms with Gasteiger partial charge in [0.1, 0.15) is 5.82 Å². The zero-order chi connectivity index (χ0) is 21.0. The molecule has 0 spiro atoms. The Morgan fingerprint density at radius 1 is 1.10 bits per heavy atom. The van der Waals surface area contributed by atoms with E-state index in [1.165, 1.54) is 18.2 Å². The van der Waals surface area contributed by atoms with Crippen LogP contribution in [-0.2, 0) is 4.79 Å². The molecule has 2 aromatic carbocycles. The molecular weight excluding hydrogens is 369 g/mol. The van der Waals surface area contributed by atoms with E-state index in [0.29, 0.717) is 0 Å². The average molecular weight is 393 g/mol. The molecule has 0 saturated carbocycles. The summed E-state index contributed by atoms with van der Waals surface area (Å²) in [5, 5.41) is 19.5. The minimum absolute atomic E-state index is 0.190. The van der Waals surface area contributed by atoms with E-state index in [-0.39, 0.29) is 18.3 Å². The molecule has 1 unspecified atom stereocenters. The highest BCUT2D eigenvalue weighted by atomic mass is 19.1. The fourth-order valence-electron chi connectivity index (χ4n) is 3.51. The number of para-hydroxylation sites is 1. The van der Waals surface area contributed by atoms with E-state index in [9.17, 15) is 14.3 Å². The average Bonchev–Trinajstić information content (AvgIpc) is 2.99. The van der Waals surface area contributed by atoms with Crippen LogP contribution in [-0.4, -0.2) is 26.9 Å². The molecule has 1 atom stereocenters. The van der Waals surface area contributed by atoms with Crippen molar-refractivity contribution < 1.29 is 19.4 Å². The summed E-state index contributed by atoms with van der Waals surface area (Å²) < 4.78 is 15.7. The number of aromatic nitrogens is 1. The summed E-state index contributed by atoms with van der Waals surface area (Å²) in [6, 6.07) is 14.7. The van der Waals surface area contributed by atoms with Gasteiger partial charge in [-0.05, 0) is 43.7 Å². The van der Waals surface area contributed by atoms with Crippen molar-refractivity contribution in [2.24, 2.45) is 0 Å². The Labute approximate surface area is 169 Å². The molecule has 0 aliphatic carbocycles.